The zero-order chi connectivity index (χ0) is 9.30. The van der Waals surface area contributed by atoms with Crippen LogP contribution < -0.4 is 0 Å². The maximum Gasteiger partial charge on any atom is 0.333 e. The second kappa shape index (κ2) is 3.06. The summed E-state index contributed by atoms with van der Waals surface area (Å²) in [6.45, 7) is 2.07. The number of hydrogen-bond donors (Lipinski definition) is 1. The number of hydrogen-bond acceptors (Lipinski definition) is 3. The Hall–Kier alpha value is -1.16. The van der Waals surface area contributed by atoms with E-state index < -0.39 is 5.97 Å². The van der Waals surface area contributed by atoms with Crippen molar-refractivity contribution in [3.63, 3.8) is 0 Å². The number of aliphatic carboxylic acids is 1. The van der Waals surface area contributed by atoms with Crippen molar-refractivity contribution >= 4 is 11.8 Å². The average Bonchev–Trinajstić information content (AvgIpc) is 1.96. The predicted octanol–water partition coefficient (Wildman–Crippen LogP) is -0.0996. The first-order valence-corrected chi connectivity index (χ1v) is 3.70. The molecule has 1 atom stereocenters. The summed E-state index contributed by atoms with van der Waals surface area (Å²) in [6.07, 6.45) is 1.22. The van der Waals surface area contributed by atoms with Gasteiger partial charge in [0.2, 0.25) is 0 Å². The summed E-state index contributed by atoms with van der Waals surface area (Å²) in [4.78, 5) is 23.3. The molecular formula is C8H11NO3. The van der Waals surface area contributed by atoms with Crippen LogP contribution >= 0.6 is 0 Å². The van der Waals surface area contributed by atoms with E-state index in [1.807, 2.05) is 0 Å². The van der Waals surface area contributed by atoms with Gasteiger partial charge in [-0.15, -0.1) is 0 Å². The van der Waals surface area contributed by atoms with Gasteiger partial charge in [-0.2, -0.15) is 0 Å². The van der Waals surface area contributed by atoms with Crippen LogP contribution in [-0.4, -0.2) is 41.4 Å². The Kier molecular flexibility index (Phi) is 2.28. The molecule has 1 heterocycles. The highest BCUT2D eigenvalue weighted by Gasteiger charge is 2.26. The number of likely N-dealkylation sites (N-methyl/N-ethyl adjacent to an activating group) is 1. The highest BCUT2D eigenvalue weighted by Crippen LogP contribution is 2.13. The normalized spacial score (nSPS) is 25.3. The summed E-state index contributed by atoms with van der Waals surface area (Å²) in [7, 11) is 1.73. The first-order chi connectivity index (χ1) is 5.52. The van der Waals surface area contributed by atoms with E-state index in [2.05, 4.69) is 0 Å². The summed E-state index contributed by atoms with van der Waals surface area (Å²) in [6, 6.07) is -0.180. The van der Waals surface area contributed by atoms with Crippen LogP contribution in [-0.2, 0) is 9.59 Å². The second-order valence-electron chi connectivity index (χ2n) is 2.96. The van der Waals surface area contributed by atoms with Gasteiger partial charge in [-0.25, -0.2) is 4.79 Å². The van der Waals surface area contributed by atoms with Gasteiger partial charge in [0.1, 0.15) is 0 Å². The number of nitrogens with zero attached hydrogens (tertiary/aromatic N) is 1. The Morgan fingerprint density at radius 3 is 2.83 bits per heavy atom. The van der Waals surface area contributed by atoms with Crippen LogP contribution in [0.5, 0.6) is 0 Å². The number of carbonyl (C=O) groups is 2. The summed E-state index contributed by atoms with van der Waals surface area (Å²) >= 11 is 0. The van der Waals surface area contributed by atoms with E-state index in [-0.39, 0.29) is 17.4 Å². The van der Waals surface area contributed by atoms with E-state index in [1.165, 1.54) is 6.08 Å². The summed E-state index contributed by atoms with van der Waals surface area (Å²) in [5.41, 5.74) is 0.175. The van der Waals surface area contributed by atoms with E-state index in [0.717, 1.165) is 0 Å². The Bertz CT molecular complexity index is 257. The van der Waals surface area contributed by atoms with Crippen LogP contribution in [0, 0.1) is 0 Å². The van der Waals surface area contributed by atoms with Gasteiger partial charge < -0.3 is 5.11 Å². The lowest BCUT2D eigenvalue weighted by Gasteiger charge is -2.27. The van der Waals surface area contributed by atoms with Crippen LogP contribution in [0.4, 0.5) is 0 Å². The standard InChI is InChI=1S/C8H11NO3/c1-5-7(8(11)12)3-6(10)4-9(5)2/h3,5H,4H2,1-2H3,(H,11,12). The largest absolute Gasteiger partial charge is 0.478 e. The molecule has 1 aliphatic heterocycles. The van der Waals surface area contributed by atoms with Crippen LogP contribution in [0.2, 0.25) is 0 Å². The fraction of sp³-hybridized carbons (Fsp3) is 0.500. The van der Waals surface area contributed by atoms with Crippen molar-refractivity contribution in [3.05, 3.63) is 11.6 Å². The zero-order valence-corrected chi connectivity index (χ0v) is 7.07. The molecule has 0 spiro atoms. The molecule has 0 aromatic rings. The molecule has 12 heavy (non-hydrogen) atoms. The number of carboxylic acids is 1. The third kappa shape index (κ3) is 1.53. The molecule has 4 heteroatoms. The van der Waals surface area contributed by atoms with Crippen molar-refractivity contribution in [3.8, 4) is 0 Å². The molecule has 0 aromatic carbocycles. The molecule has 0 saturated heterocycles. The van der Waals surface area contributed by atoms with E-state index in [0.29, 0.717) is 6.54 Å². The van der Waals surface area contributed by atoms with E-state index in [9.17, 15) is 9.59 Å². The Labute approximate surface area is 70.5 Å². The Morgan fingerprint density at radius 1 is 1.75 bits per heavy atom. The molecule has 1 aliphatic rings. The summed E-state index contributed by atoms with van der Waals surface area (Å²) in [5.74, 6) is -1.16. The fourth-order valence-electron chi connectivity index (χ4n) is 1.20. The minimum Gasteiger partial charge on any atom is -0.478 e. The van der Waals surface area contributed by atoms with Crippen molar-refractivity contribution in [2.24, 2.45) is 0 Å². The van der Waals surface area contributed by atoms with Crippen LogP contribution in [0.3, 0.4) is 0 Å². The molecule has 0 aromatic heterocycles. The molecule has 4 nitrogen and oxygen atoms in total. The van der Waals surface area contributed by atoms with Crippen LogP contribution in [0.15, 0.2) is 11.6 Å². The number of ketones is 1. The van der Waals surface area contributed by atoms with Gasteiger partial charge in [-0.1, -0.05) is 0 Å². The van der Waals surface area contributed by atoms with Gasteiger partial charge in [0.25, 0.3) is 0 Å². The lowest BCUT2D eigenvalue weighted by Crippen LogP contribution is -2.40. The average molecular weight is 169 g/mol. The Balaban J connectivity index is 2.96. The topological polar surface area (TPSA) is 57.6 Å². The van der Waals surface area contributed by atoms with E-state index in [1.54, 1.807) is 18.9 Å². The Morgan fingerprint density at radius 2 is 2.33 bits per heavy atom. The van der Waals surface area contributed by atoms with Crippen molar-refractivity contribution < 1.29 is 14.7 Å². The maximum absolute atomic E-state index is 11.0. The molecule has 0 bridgehead atoms. The van der Waals surface area contributed by atoms with Gasteiger partial charge in [-0.3, -0.25) is 9.69 Å². The van der Waals surface area contributed by atoms with Crippen LogP contribution in [0.1, 0.15) is 6.92 Å². The fourth-order valence-corrected chi connectivity index (χ4v) is 1.20. The molecule has 0 saturated carbocycles. The quantitative estimate of drug-likeness (QED) is 0.595. The summed E-state index contributed by atoms with van der Waals surface area (Å²) in [5, 5.41) is 8.70. The molecule has 1 unspecified atom stereocenters. The number of carbonyl (C=O) groups excluding carboxylic acids is 1. The highest BCUT2D eigenvalue weighted by atomic mass is 16.4. The number of rotatable bonds is 1. The van der Waals surface area contributed by atoms with E-state index >= 15 is 0 Å². The van der Waals surface area contributed by atoms with Gasteiger partial charge in [-0.05, 0) is 20.0 Å². The van der Waals surface area contributed by atoms with Crippen molar-refractivity contribution in [1.29, 1.82) is 0 Å². The lowest BCUT2D eigenvalue weighted by molar-refractivity contribution is -0.134. The smallest absolute Gasteiger partial charge is 0.333 e. The third-order valence-corrected chi connectivity index (χ3v) is 2.08. The first kappa shape index (κ1) is 8.93. The van der Waals surface area contributed by atoms with Crippen molar-refractivity contribution in [2.75, 3.05) is 13.6 Å². The zero-order valence-electron chi connectivity index (χ0n) is 7.07. The van der Waals surface area contributed by atoms with Gasteiger partial charge in [0.05, 0.1) is 12.1 Å². The molecule has 0 amide bonds. The SMILES string of the molecule is CC1C(C(=O)O)=CC(=O)CN1C. The van der Waals surface area contributed by atoms with Gasteiger partial charge in [0.15, 0.2) is 5.78 Å². The second-order valence-corrected chi connectivity index (χ2v) is 2.96. The molecule has 0 fully saturated rings. The monoisotopic (exact) mass is 169 g/mol. The minimum absolute atomic E-state index is 0.145. The molecule has 1 N–H and O–H groups in total. The van der Waals surface area contributed by atoms with Crippen molar-refractivity contribution in [2.45, 2.75) is 13.0 Å². The molecule has 0 aliphatic carbocycles. The summed E-state index contributed by atoms with van der Waals surface area (Å²) < 4.78 is 0. The van der Waals surface area contributed by atoms with E-state index in [4.69, 9.17) is 5.11 Å². The van der Waals surface area contributed by atoms with Crippen LogP contribution in [0.25, 0.3) is 0 Å². The van der Waals surface area contributed by atoms with Gasteiger partial charge >= 0.3 is 5.97 Å². The maximum atomic E-state index is 11.0. The first-order valence-electron chi connectivity index (χ1n) is 3.70. The third-order valence-electron chi connectivity index (χ3n) is 2.08. The van der Waals surface area contributed by atoms with Crippen molar-refractivity contribution in [1.82, 2.24) is 4.90 Å². The molecule has 1 rings (SSSR count). The molecule has 66 valence electrons. The predicted molar refractivity (Wildman–Crippen MR) is 42.8 cm³/mol. The minimum atomic E-state index is -1.01. The highest BCUT2D eigenvalue weighted by molar-refractivity contribution is 6.01. The molecule has 0 radical (unpaired) electrons. The number of carboxylic acid groups (broad SMARTS) is 1. The molecular weight excluding hydrogens is 158 g/mol. The van der Waals surface area contributed by atoms with Gasteiger partial charge in [0, 0.05) is 6.04 Å². The lowest BCUT2D eigenvalue weighted by atomic mass is 10.0.